The Bertz CT molecular complexity index is 1010. The molecule has 1 aromatic carbocycles. The summed E-state index contributed by atoms with van der Waals surface area (Å²) >= 11 is 6.13. The molecule has 0 saturated heterocycles. The first-order valence-corrected chi connectivity index (χ1v) is 9.77. The minimum atomic E-state index is 0.152. The fraction of sp³-hybridized carbons (Fsp3) is 0.381. The van der Waals surface area contributed by atoms with Crippen LogP contribution in [0, 0.1) is 5.92 Å². The third-order valence-electron chi connectivity index (χ3n) is 5.65. The molecule has 2 atom stereocenters. The highest BCUT2D eigenvalue weighted by molar-refractivity contribution is 6.30. The van der Waals surface area contributed by atoms with Gasteiger partial charge in [0, 0.05) is 16.5 Å². The van der Waals surface area contributed by atoms with E-state index in [1.165, 1.54) is 5.56 Å². The lowest BCUT2D eigenvalue weighted by atomic mass is 9.73. The molecule has 4 rings (SSSR count). The first-order valence-electron chi connectivity index (χ1n) is 9.39. The summed E-state index contributed by atoms with van der Waals surface area (Å²) in [6, 6.07) is 7.85. The van der Waals surface area contributed by atoms with Crippen LogP contribution in [-0.2, 0) is 0 Å². The fourth-order valence-corrected chi connectivity index (χ4v) is 4.42. The molecule has 1 aliphatic carbocycles. The van der Waals surface area contributed by atoms with Crippen LogP contribution < -0.4 is 11.5 Å². The highest BCUT2D eigenvalue weighted by Gasteiger charge is 2.33. The van der Waals surface area contributed by atoms with Gasteiger partial charge in [0.25, 0.3) is 0 Å². The minimum absolute atomic E-state index is 0.152. The molecule has 0 aliphatic heterocycles. The van der Waals surface area contributed by atoms with E-state index in [2.05, 4.69) is 30.7 Å². The molecule has 1 aliphatic rings. The van der Waals surface area contributed by atoms with E-state index >= 15 is 0 Å². The van der Waals surface area contributed by atoms with Crippen molar-refractivity contribution in [2.75, 3.05) is 11.5 Å². The first kappa shape index (κ1) is 18.0. The number of hydrogen-bond donors (Lipinski definition) is 2. The average molecular weight is 382 g/mol. The number of nitrogens with zero attached hydrogens (tertiary/aromatic N) is 3. The zero-order valence-corrected chi connectivity index (χ0v) is 16.6. The van der Waals surface area contributed by atoms with E-state index in [9.17, 15) is 0 Å². The molecule has 2 unspecified atom stereocenters. The Kier molecular flexibility index (Phi) is 4.42. The third-order valence-corrected chi connectivity index (χ3v) is 5.90. The van der Waals surface area contributed by atoms with Gasteiger partial charge in [0.2, 0.25) is 5.95 Å². The number of nitrogen functional groups attached to an aromatic ring is 2. The molecule has 0 bridgehead atoms. The molecule has 0 saturated carbocycles. The molecule has 6 heteroatoms. The monoisotopic (exact) mass is 381 g/mol. The number of fused-ring (bicyclic) bond motifs is 2. The summed E-state index contributed by atoms with van der Waals surface area (Å²) in [6.07, 6.45) is 2.25. The fourth-order valence-electron chi connectivity index (χ4n) is 4.30. The zero-order valence-electron chi connectivity index (χ0n) is 15.8. The van der Waals surface area contributed by atoms with Gasteiger partial charge in [-0.05, 0) is 47.9 Å². The number of halogens is 1. The van der Waals surface area contributed by atoms with Crippen LogP contribution in [0.1, 0.15) is 56.7 Å². The molecule has 4 N–H and O–H groups in total. The topological polar surface area (TPSA) is 90.7 Å². The number of rotatable bonds is 2. The van der Waals surface area contributed by atoms with Crippen LogP contribution in [0.5, 0.6) is 0 Å². The Hall–Kier alpha value is -2.40. The first-order chi connectivity index (χ1) is 12.9. The van der Waals surface area contributed by atoms with E-state index in [1.807, 2.05) is 24.3 Å². The number of pyridine rings is 1. The Labute approximate surface area is 164 Å². The van der Waals surface area contributed by atoms with Crippen LogP contribution >= 0.6 is 11.6 Å². The maximum absolute atomic E-state index is 6.30. The molecule has 2 heterocycles. The quantitative estimate of drug-likeness (QED) is 0.640. The summed E-state index contributed by atoms with van der Waals surface area (Å²) in [5.74, 6) is 1.80. The molecule has 0 radical (unpaired) electrons. The van der Waals surface area contributed by atoms with Crippen LogP contribution in [0.15, 0.2) is 24.3 Å². The molecule has 0 spiro atoms. The van der Waals surface area contributed by atoms with Crippen molar-refractivity contribution in [3.05, 3.63) is 40.5 Å². The predicted molar refractivity (Wildman–Crippen MR) is 112 cm³/mol. The van der Waals surface area contributed by atoms with Crippen LogP contribution in [0.3, 0.4) is 0 Å². The van der Waals surface area contributed by atoms with Gasteiger partial charge in [-0.3, -0.25) is 0 Å². The number of nitrogens with two attached hydrogens (primary N) is 2. The number of aromatic nitrogens is 3. The van der Waals surface area contributed by atoms with Gasteiger partial charge in [0.05, 0.1) is 11.1 Å². The number of benzene rings is 1. The maximum Gasteiger partial charge on any atom is 0.224 e. The zero-order chi connectivity index (χ0) is 19.3. The van der Waals surface area contributed by atoms with Crippen LogP contribution in [0.4, 0.5) is 11.8 Å². The normalized spacial score (nSPS) is 19.4. The molecular weight excluding hydrogens is 358 g/mol. The van der Waals surface area contributed by atoms with Gasteiger partial charge in [-0.15, -0.1) is 0 Å². The Balaban J connectivity index is 2.15. The summed E-state index contributed by atoms with van der Waals surface area (Å²) in [7, 11) is 0. The van der Waals surface area contributed by atoms with Gasteiger partial charge in [0.15, 0.2) is 5.65 Å². The molecule has 140 valence electrons. The molecule has 2 aromatic heterocycles. The lowest BCUT2D eigenvalue weighted by molar-refractivity contribution is 0.402. The second-order valence-corrected chi connectivity index (χ2v) is 8.22. The van der Waals surface area contributed by atoms with Crippen molar-refractivity contribution >= 4 is 34.4 Å². The number of anilines is 2. The van der Waals surface area contributed by atoms with Gasteiger partial charge < -0.3 is 11.5 Å². The number of hydrogen-bond acceptors (Lipinski definition) is 5. The Morgan fingerprint density at radius 1 is 1.04 bits per heavy atom. The van der Waals surface area contributed by atoms with Gasteiger partial charge in [-0.25, -0.2) is 4.98 Å². The van der Waals surface area contributed by atoms with Gasteiger partial charge in [-0.2, -0.15) is 9.97 Å². The summed E-state index contributed by atoms with van der Waals surface area (Å²) in [5.41, 5.74) is 17.3. The van der Waals surface area contributed by atoms with Crippen molar-refractivity contribution in [1.29, 1.82) is 0 Å². The van der Waals surface area contributed by atoms with Gasteiger partial charge >= 0.3 is 0 Å². The van der Waals surface area contributed by atoms with E-state index in [0.29, 0.717) is 34.2 Å². The second kappa shape index (κ2) is 6.64. The molecule has 5 nitrogen and oxygen atoms in total. The van der Waals surface area contributed by atoms with Crippen molar-refractivity contribution in [2.24, 2.45) is 5.92 Å². The van der Waals surface area contributed by atoms with E-state index in [1.54, 1.807) is 0 Å². The van der Waals surface area contributed by atoms with Crippen molar-refractivity contribution in [3.63, 3.8) is 0 Å². The lowest BCUT2D eigenvalue weighted by Gasteiger charge is -2.33. The molecule has 0 fully saturated rings. The SMILES string of the molecule is CC1CCC(C(C)C)c2nc3nc(N)nc(N)c3c(-c3ccc(Cl)cc3)c21. The van der Waals surface area contributed by atoms with E-state index < -0.39 is 0 Å². The highest BCUT2D eigenvalue weighted by atomic mass is 35.5. The smallest absolute Gasteiger partial charge is 0.224 e. The summed E-state index contributed by atoms with van der Waals surface area (Å²) in [6.45, 7) is 6.76. The van der Waals surface area contributed by atoms with Crippen molar-refractivity contribution in [1.82, 2.24) is 15.0 Å². The summed E-state index contributed by atoms with van der Waals surface area (Å²) in [4.78, 5) is 13.6. The van der Waals surface area contributed by atoms with E-state index in [0.717, 1.165) is 35.0 Å². The standard InChI is InChI=1S/C21H24ClN5/c1-10(2)14-9-4-11(3)15-16(12-5-7-13(22)8-6-12)17-19(23)26-21(24)27-20(17)25-18(14)15/h5-8,10-11,14H,4,9H2,1-3H3,(H4,23,24,25,26,27). The van der Waals surface area contributed by atoms with Crippen molar-refractivity contribution < 1.29 is 0 Å². The van der Waals surface area contributed by atoms with E-state index in [-0.39, 0.29) is 5.95 Å². The summed E-state index contributed by atoms with van der Waals surface area (Å²) < 4.78 is 0. The Morgan fingerprint density at radius 2 is 1.74 bits per heavy atom. The van der Waals surface area contributed by atoms with Crippen molar-refractivity contribution in [2.45, 2.75) is 45.4 Å². The third kappa shape index (κ3) is 3.00. The minimum Gasteiger partial charge on any atom is -0.383 e. The van der Waals surface area contributed by atoms with Crippen LogP contribution in [-0.4, -0.2) is 15.0 Å². The largest absolute Gasteiger partial charge is 0.383 e. The van der Waals surface area contributed by atoms with Crippen LogP contribution in [0.25, 0.3) is 22.2 Å². The van der Waals surface area contributed by atoms with Gasteiger partial charge in [-0.1, -0.05) is 44.5 Å². The second-order valence-electron chi connectivity index (χ2n) is 7.79. The summed E-state index contributed by atoms with van der Waals surface area (Å²) in [5, 5.41) is 1.48. The molecule has 3 aromatic rings. The highest BCUT2D eigenvalue weighted by Crippen LogP contribution is 2.48. The molecule has 27 heavy (non-hydrogen) atoms. The Morgan fingerprint density at radius 3 is 2.41 bits per heavy atom. The maximum atomic E-state index is 6.30. The van der Waals surface area contributed by atoms with Gasteiger partial charge in [0.1, 0.15) is 5.82 Å². The van der Waals surface area contributed by atoms with E-state index in [4.69, 9.17) is 28.1 Å². The van der Waals surface area contributed by atoms with Crippen LogP contribution in [0.2, 0.25) is 5.02 Å². The lowest BCUT2D eigenvalue weighted by Crippen LogP contribution is -2.21. The van der Waals surface area contributed by atoms with Crippen molar-refractivity contribution in [3.8, 4) is 11.1 Å². The average Bonchev–Trinajstić information content (AvgIpc) is 2.60. The molecule has 0 amide bonds. The molecular formula is C21H24ClN5. The predicted octanol–water partition coefficient (Wildman–Crippen LogP) is 5.15.